The van der Waals surface area contributed by atoms with Gasteiger partial charge in [0.15, 0.2) is 11.5 Å². The van der Waals surface area contributed by atoms with Crippen molar-refractivity contribution in [1.82, 2.24) is 9.97 Å². The number of carboxylic acids is 1. The molecule has 6 heteroatoms. The van der Waals surface area contributed by atoms with Crippen molar-refractivity contribution in [2.24, 2.45) is 0 Å². The van der Waals surface area contributed by atoms with Gasteiger partial charge >= 0.3 is 5.97 Å². The van der Waals surface area contributed by atoms with Crippen molar-refractivity contribution in [3.05, 3.63) is 18.1 Å². The molecule has 0 saturated carbocycles. The van der Waals surface area contributed by atoms with Crippen molar-refractivity contribution >= 4 is 11.8 Å². The molecule has 0 bridgehead atoms. The molecule has 0 aliphatic heterocycles. The second-order valence-electron chi connectivity index (χ2n) is 3.30. The third-order valence-electron chi connectivity index (χ3n) is 2.09. The maximum absolute atomic E-state index is 10.9. The van der Waals surface area contributed by atoms with Crippen LogP contribution in [0.25, 0.3) is 0 Å². The van der Waals surface area contributed by atoms with Crippen LogP contribution >= 0.6 is 0 Å². The summed E-state index contributed by atoms with van der Waals surface area (Å²) in [6, 6.07) is 0. The molecule has 0 saturated heterocycles. The van der Waals surface area contributed by atoms with Crippen LogP contribution in [0, 0.1) is 0 Å². The highest BCUT2D eigenvalue weighted by atomic mass is 16.5. The van der Waals surface area contributed by atoms with Gasteiger partial charge in [-0.15, -0.1) is 0 Å². The lowest BCUT2D eigenvalue weighted by atomic mass is 10.3. The van der Waals surface area contributed by atoms with Crippen molar-refractivity contribution in [3.63, 3.8) is 0 Å². The molecule has 0 fully saturated rings. The Balaban J connectivity index is 2.74. The summed E-state index contributed by atoms with van der Waals surface area (Å²) in [6.07, 6.45) is 3.66. The van der Waals surface area contributed by atoms with E-state index in [-0.39, 0.29) is 5.69 Å². The average Bonchev–Trinajstić information content (AvgIpc) is 2.29. The van der Waals surface area contributed by atoms with E-state index >= 15 is 0 Å². The summed E-state index contributed by atoms with van der Waals surface area (Å²) in [7, 11) is 3.41. The first-order valence-electron chi connectivity index (χ1n) is 4.91. The number of methoxy groups -OCH3 is 1. The SMILES string of the molecule is COCCCN(C)c1nccnc1C(=O)O. The van der Waals surface area contributed by atoms with E-state index in [9.17, 15) is 4.79 Å². The monoisotopic (exact) mass is 225 g/mol. The minimum absolute atomic E-state index is 0.0255. The first-order valence-corrected chi connectivity index (χ1v) is 4.91. The lowest BCUT2D eigenvalue weighted by molar-refractivity contribution is 0.0691. The zero-order valence-electron chi connectivity index (χ0n) is 9.38. The summed E-state index contributed by atoms with van der Waals surface area (Å²) in [5.41, 5.74) is -0.0255. The maximum Gasteiger partial charge on any atom is 0.358 e. The number of rotatable bonds is 6. The van der Waals surface area contributed by atoms with E-state index in [1.54, 1.807) is 19.1 Å². The number of carbonyl (C=O) groups is 1. The Hall–Kier alpha value is -1.69. The van der Waals surface area contributed by atoms with Crippen LogP contribution in [-0.2, 0) is 4.74 Å². The largest absolute Gasteiger partial charge is 0.476 e. The average molecular weight is 225 g/mol. The topological polar surface area (TPSA) is 75.5 Å². The Morgan fingerprint density at radius 1 is 1.50 bits per heavy atom. The number of anilines is 1. The van der Waals surface area contributed by atoms with E-state index in [0.717, 1.165) is 6.42 Å². The molecule has 16 heavy (non-hydrogen) atoms. The first-order chi connectivity index (χ1) is 7.66. The lowest BCUT2D eigenvalue weighted by Gasteiger charge is -2.18. The molecule has 1 rings (SSSR count). The molecule has 1 aromatic heterocycles. The number of nitrogens with zero attached hydrogens (tertiary/aromatic N) is 3. The minimum atomic E-state index is -1.07. The smallest absolute Gasteiger partial charge is 0.358 e. The molecule has 0 aliphatic carbocycles. The molecular weight excluding hydrogens is 210 g/mol. The maximum atomic E-state index is 10.9. The Bertz CT molecular complexity index is 357. The van der Waals surface area contributed by atoms with E-state index in [1.807, 2.05) is 0 Å². The standard InChI is InChI=1S/C10H15N3O3/c1-13(6-3-7-16-2)9-8(10(14)15)11-4-5-12-9/h4-5H,3,6-7H2,1-2H3,(H,14,15). The fraction of sp³-hybridized carbons (Fsp3) is 0.500. The summed E-state index contributed by atoms with van der Waals surface area (Å²) in [6.45, 7) is 1.31. The van der Waals surface area contributed by atoms with E-state index in [1.165, 1.54) is 12.4 Å². The van der Waals surface area contributed by atoms with Crippen LogP contribution in [0.2, 0.25) is 0 Å². The Kier molecular flexibility index (Phi) is 4.65. The second kappa shape index (κ2) is 6.02. The highest BCUT2D eigenvalue weighted by Gasteiger charge is 2.15. The summed E-state index contributed by atoms with van der Waals surface area (Å²) in [5, 5.41) is 8.93. The second-order valence-corrected chi connectivity index (χ2v) is 3.30. The number of hydrogen-bond acceptors (Lipinski definition) is 5. The van der Waals surface area contributed by atoms with Crippen molar-refractivity contribution in [2.45, 2.75) is 6.42 Å². The van der Waals surface area contributed by atoms with Crippen LogP contribution < -0.4 is 4.90 Å². The zero-order valence-corrected chi connectivity index (χ0v) is 9.38. The van der Waals surface area contributed by atoms with Crippen LogP contribution in [0.1, 0.15) is 16.9 Å². The van der Waals surface area contributed by atoms with Crippen LogP contribution in [0.3, 0.4) is 0 Å². The molecule has 0 unspecified atom stereocenters. The molecule has 0 radical (unpaired) electrons. The lowest BCUT2D eigenvalue weighted by Crippen LogP contribution is -2.24. The van der Waals surface area contributed by atoms with E-state index in [0.29, 0.717) is 19.0 Å². The van der Waals surface area contributed by atoms with Gasteiger partial charge in [-0.2, -0.15) is 0 Å². The molecular formula is C10H15N3O3. The predicted molar refractivity (Wildman–Crippen MR) is 58.8 cm³/mol. The summed E-state index contributed by atoms with van der Waals surface area (Å²) < 4.78 is 4.93. The zero-order chi connectivity index (χ0) is 12.0. The summed E-state index contributed by atoms with van der Waals surface area (Å²) in [5.74, 6) is -0.687. The van der Waals surface area contributed by atoms with Crippen LogP contribution in [0.4, 0.5) is 5.82 Å². The Labute approximate surface area is 93.9 Å². The van der Waals surface area contributed by atoms with Gasteiger partial charge < -0.3 is 14.7 Å². The van der Waals surface area contributed by atoms with Crippen LogP contribution in [0.15, 0.2) is 12.4 Å². The normalized spacial score (nSPS) is 10.1. The summed E-state index contributed by atoms with van der Waals surface area (Å²) >= 11 is 0. The minimum Gasteiger partial charge on any atom is -0.476 e. The Morgan fingerprint density at radius 3 is 2.81 bits per heavy atom. The van der Waals surface area contributed by atoms with Gasteiger partial charge in [0, 0.05) is 39.7 Å². The van der Waals surface area contributed by atoms with E-state index in [4.69, 9.17) is 9.84 Å². The van der Waals surface area contributed by atoms with Gasteiger partial charge in [-0.1, -0.05) is 0 Å². The Morgan fingerprint density at radius 2 is 2.19 bits per heavy atom. The number of aromatic nitrogens is 2. The molecule has 0 amide bonds. The van der Waals surface area contributed by atoms with Gasteiger partial charge in [0.25, 0.3) is 0 Å². The summed E-state index contributed by atoms with van der Waals surface area (Å²) in [4.78, 5) is 20.5. The molecule has 0 spiro atoms. The van der Waals surface area contributed by atoms with E-state index < -0.39 is 5.97 Å². The predicted octanol–water partition coefficient (Wildman–Crippen LogP) is 0.647. The molecule has 1 aromatic rings. The molecule has 6 nitrogen and oxygen atoms in total. The molecule has 88 valence electrons. The first kappa shape index (κ1) is 12.4. The van der Waals surface area contributed by atoms with Crippen molar-refractivity contribution < 1.29 is 14.6 Å². The van der Waals surface area contributed by atoms with E-state index in [2.05, 4.69) is 9.97 Å². The van der Waals surface area contributed by atoms with Gasteiger partial charge in [0.05, 0.1) is 0 Å². The van der Waals surface area contributed by atoms with Gasteiger partial charge in [0.2, 0.25) is 0 Å². The molecule has 0 aliphatic rings. The molecule has 0 aromatic carbocycles. The number of hydrogen-bond donors (Lipinski definition) is 1. The third-order valence-corrected chi connectivity index (χ3v) is 2.09. The third kappa shape index (κ3) is 3.16. The molecule has 0 atom stereocenters. The van der Waals surface area contributed by atoms with Gasteiger partial charge in [-0.25, -0.2) is 14.8 Å². The fourth-order valence-corrected chi connectivity index (χ4v) is 1.31. The van der Waals surface area contributed by atoms with Gasteiger partial charge in [-0.05, 0) is 6.42 Å². The number of carboxylic acid groups (broad SMARTS) is 1. The van der Waals surface area contributed by atoms with Crippen molar-refractivity contribution in [1.29, 1.82) is 0 Å². The molecule has 1 N–H and O–H groups in total. The molecule has 1 heterocycles. The van der Waals surface area contributed by atoms with Crippen molar-refractivity contribution in [3.8, 4) is 0 Å². The number of aromatic carboxylic acids is 1. The van der Waals surface area contributed by atoms with Crippen LogP contribution in [-0.4, -0.2) is 48.4 Å². The highest BCUT2D eigenvalue weighted by molar-refractivity contribution is 5.90. The van der Waals surface area contributed by atoms with Crippen LogP contribution in [0.5, 0.6) is 0 Å². The van der Waals surface area contributed by atoms with Crippen molar-refractivity contribution in [2.75, 3.05) is 32.2 Å². The quantitative estimate of drug-likeness (QED) is 0.716. The number of ether oxygens (including phenoxy) is 1. The fourth-order valence-electron chi connectivity index (χ4n) is 1.31. The van der Waals surface area contributed by atoms with Gasteiger partial charge in [0.1, 0.15) is 0 Å². The highest BCUT2D eigenvalue weighted by Crippen LogP contribution is 2.13. The van der Waals surface area contributed by atoms with Gasteiger partial charge in [-0.3, -0.25) is 0 Å².